The maximum Gasteiger partial charge on any atom is 0.416 e. The first-order valence-corrected chi connectivity index (χ1v) is 11.6. The van der Waals surface area contributed by atoms with Crippen molar-refractivity contribution in [3.63, 3.8) is 0 Å². The summed E-state index contributed by atoms with van der Waals surface area (Å²) in [7, 11) is 0. The van der Waals surface area contributed by atoms with Crippen LogP contribution in [0.5, 0.6) is 0 Å². The second-order valence-electron chi connectivity index (χ2n) is 9.39. The van der Waals surface area contributed by atoms with E-state index in [1.807, 2.05) is 27.7 Å². The summed E-state index contributed by atoms with van der Waals surface area (Å²) < 4.78 is 40.9. The van der Waals surface area contributed by atoms with Crippen LogP contribution in [0.2, 0.25) is 0 Å². The van der Waals surface area contributed by atoms with Gasteiger partial charge in [0.25, 0.3) is 11.8 Å². The van der Waals surface area contributed by atoms with Crippen LogP contribution >= 0.6 is 0 Å². The van der Waals surface area contributed by atoms with E-state index in [2.05, 4.69) is 5.32 Å². The molecular formula is C25H31F3N4O3. The van der Waals surface area contributed by atoms with Crippen molar-refractivity contribution in [2.75, 3.05) is 37.6 Å². The zero-order valence-electron chi connectivity index (χ0n) is 20.4. The molecule has 7 nitrogen and oxygen atoms in total. The molecule has 10 heteroatoms. The van der Waals surface area contributed by atoms with Crippen LogP contribution in [-0.2, 0) is 6.18 Å². The Kier molecular flexibility index (Phi) is 7.92. The Morgan fingerprint density at radius 3 is 2.20 bits per heavy atom. The maximum absolute atomic E-state index is 13.3. The topological polar surface area (TPSA) is 74.7 Å². The number of rotatable bonds is 6. The van der Waals surface area contributed by atoms with Crippen LogP contribution < -0.4 is 15.6 Å². The zero-order chi connectivity index (χ0) is 25.9. The van der Waals surface area contributed by atoms with Crippen molar-refractivity contribution in [1.82, 2.24) is 14.8 Å². The third-order valence-corrected chi connectivity index (χ3v) is 5.89. The second-order valence-corrected chi connectivity index (χ2v) is 9.39. The molecule has 0 aliphatic carbocycles. The average Bonchev–Trinajstić information content (AvgIpc) is 2.81. The summed E-state index contributed by atoms with van der Waals surface area (Å²) in [6, 6.07) is 5.00. The van der Waals surface area contributed by atoms with Gasteiger partial charge in [-0.2, -0.15) is 13.2 Å². The Hall–Kier alpha value is -3.30. The van der Waals surface area contributed by atoms with Gasteiger partial charge in [-0.05, 0) is 38.0 Å². The SMILES string of the molecule is CC(C)CNC(=O)c1cn(C(C)C)cc(C(=O)N2CCN(c3cccc(C(F)(F)F)c3)CC2)c1=O. The summed E-state index contributed by atoms with van der Waals surface area (Å²) in [6.07, 6.45) is -1.50. The minimum atomic E-state index is -4.43. The van der Waals surface area contributed by atoms with Crippen LogP contribution in [0.1, 0.15) is 60.0 Å². The third kappa shape index (κ3) is 6.23. The van der Waals surface area contributed by atoms with E-state index in [9.17, 15) is 27.6 Å². The molecule has 0 spiro atoms. The molecule has 35 heavy (non-hydrogen) atoms. The van der Waals surface area contributed by atoms with Gasteiger partial charge < -0.3 is 19.7 Å². The number of nitrogens with one attached hydrogen (secondary N) is 1. The van der Waals surface area contributed by atoms with Crippen LogP contribution in [0, 0.1) is 5.92 Å². The first-order chi connectivity index (χ1) is 16.4. The largest absolute Gasteiger partial charge is 0.416 e. The summed E-state index contributed by atoms with van der Waals surface area (Å²) in [5, 5.41) is 2.73. The molecule has 1 fully saturated rings. The number of alkyl halides is 3. The minimum Gasteiger partial charge on any atom is -0.368 e. The summed E-state index contributed by atoms with van der Waals surface area (Å²) in [4.78, 5) is 42.3. The number of halogens is 3. The molecule has 1 aromatic heterocycles. The number of amides is 2. The van der Waals surface area contributed by atoms with E-state index in [-0.39, 0.29) is 36.2 Å². The summed E-state index contributed by atoms with van der Waals surface area (Å²) >= 11 is 0. The molecule has 2 heterocycles. The lowest BCUT2D eigenvalue weighted by atomic mass is 10.1. The van der Waals surface area contributed by atoms with Gasteiger partial charge in [0.05, 0.1) is 5.56 Å². The molecule has 2 aromatic rings. The first-order valence-electron chi connectivity index (χ1n) is 11.6. The van der Waals surface area contributed by atoms with Crippen molar-refractivity contribution < 1.29 is 22.8 Å². The van der Waals surface area contributed by atoms with Gasteiger partial charge in [0.1, 0.15) is 11.1 Å². The fourth-order valence-electron chi connectivity index (χ4n) is 3.82. The summed E-state index contributed by atoms with van der Waals surface area (Å²) in [6.45, 7) is 9.14. The van der Waals surface area contributed by atoms with Crippen LogP contribution in [-0.4, -0.2) is 54.0 Å². The average molecular weight is 493 g/mol. The van der Waals surface area contributed by atoms with Gasteiger partial charge in [-0.1, -0.05) is 19.9 Å². The molecule has 0 unspecified atom stereocenters. The molecule has 1 aromatic carbocycles. The Labute approximate surface area is 202 Å². The smallest absolute Gasteiger partial charge is 0.368 e. The molecule has 190 valence electrons. The highest BCUT2D eigenvalue weighted by Crippen LogP contribution is 2.32. The molecule has 1 saturated heterocycles. The molecular weight excluding hydrogens is 461 g/mol. The second kappa shape index (κ2) is 10.5. The number of benzene rings is 1. The highest BCUT2D eigenvalue weighted by atomic mass is 19.4. The molecule has 3 rings (SSSR count). The maximum atomic E-state index is 13.3. The van der Waals surface area contributed by atoms with E-state index >= 15 is 0 Å². The molecule has 0 atom stereocenters. The first kappa shape index (κ1) is 26.3. The molecule has 0 saturated carbocycles. The van der Waals surface area contributed by atoms with Crippen LogP contribution in [0.4, 0.5) is 18.9 Å². The lowest BCUT2D eigenvalue weighted by molar-refractivity contribution is -0.137. The zero-order valence-corrected chi connectivity index (χ0v) is 20.4. The summed E-state index contributed by atoms with van der Waals surface area (Å²) in [5.41, 5.74) is -1.11. The van der Waals surface area contributed by atoms with Gasteiger partial charge in [-0.3, -0.25) is 14.4 Å². The molecule has 0 radical (unpaired) electrons. The number of pyridine rings is 1. The lowest BCUT2D eigenvalue weighted by Crippen LogP contribution is -2.50. The van der Waals surface area contributed by atoms with Crippen molar-refractivity contribution in [2.45, 2.75) is 39.9 Å². The Morgan fingerprint density at radius 1 is 1.00 bits per heavy atom. The lowest BCUT2D eigenvalue weighted by Gasteiger charge is -2.36. The number of hydrogen-bond donors (Lipinski definition) is 1. The number of aromatic nitrogens is 1. The number of carbonyl (C=O) groups excluding carboxylic acids is 2. The van der Waals surface area contributed by atoms with Gasteiger partial charge in [-0.15, -0.1) is 0 Å². The van der Waals surface area contributed by atoms with Gasteiger partial charge in [-0.25, -0.2) is 0 Å². The van der Waals surface area contributed by atoms with Crippen LogP contribution in [0.3, 0.4) is 0 Å². The number of nitrogens with zero attached hydrogens (tertiary/aromatic N) is 3. The van der Waals surface area contributed by atoms with Gasteiger partial charge >= 0.3 is 6.18 Å². The third-order valence-electron chi connectivity index (χ3n) is 5.89. The Bertz CT molecular complexity index is 1130. The molecule has 2 amide bonds. The summed E-state index contributed by atoms with van der Waals surface area (Å²) in [5.74, 6) is -0.821. The van der Waals surface area contributed by atoms with E-state index < -0.39 is 29.0 Å². The van der Waals surface area contributed by atoms with Crippen LogP contribution in [0.25, 0.3) is 0 Å². The van der Waals surface area contributed by atoms with Crippen LogP contribution in [0.15, 0.2) is 41.5 Å². The Morgan fingerprint density at radius 2 is 1.63 bits per heavy atom. The van der Waals surface area contributed by atoms with Gasteiger partial charge in [0, 0.05) is 56.8 Å². The fourth-order valence-corrected chi connectivity index (χ4v) is 3.82. The van der Waals surface area contributed by atoms with E-state index in [1.54, 1.807) is 15.5 Å². The van der Waals surface area contributed by atoms with E-state index in [1.165, 1.54) is 23.4 Å². The van der Waals surface area contributed by atoms with Crippen molar-refractivity contribution in [2.24, 2.45) is 5.92 Å². The van der Waals surface area contributed by atoms with Crippen molar-refractivity contribution >= 4 is 17.5 Å². The van der Waals surface area contributed by atoms with Crippen molar-refractivity contribution in [1.29, 1.82) is 0 Å². The number of anilines is 1. The fraction of sp³-hybridized carbons (Fsp3) is 0.480. The monoisotopic (exact) mass is 492 g/mol. The van der Waals surface area contributed by atoms with Crippen molar-refractivity contribution in [3.05, 3.63) is 63.6 Å². The normalized spacial score (nSPS) is 14.5. The predicted octanol–water partition coefficient (Wildman–Crippen LogP) is 3.80. The van der Waals surface area contributed by atoms with Gasteiger partial charge in [0.15, 0.2) is 0 Å². The molecule has 1 aliphatic heterocycles. The van der Waals surface area contributed by atoms with Crippen molar-refractivity contribution in [3.8, 4) is 0 Å². The number of carbonyl (C=O) groups is 2. The molecule has 1 N–H and O–H groups in total. The highest BCUT2D eigenvalue weighted by Gasteiger charge is 2.32. The predicted molar refractivity (Wildman–Crippen MR) is 128 cm³/mol. The number of piperazine rings is 1. The molecule has 1 aliphatic rings. The van der Waals surface area contributed by atoms with E-state index in [0.717, 1.165) is 12.1 Å². The minimum absolute atomic E-state index is 0.0865. The number of hydrogen-bond acceptors (Lipinski definition) is 4. The quantitative estimate of drug-likeness (QED) is 0.666. The molecule has 0 bridgehead atoms. The van der Waals surface area contributed by atoms with Gasteiger partial charge in [0.2, 0.25) is 5.43 Å². The van der Waals surface area contributed by atoms with E-state index in [0.29, 0.717) is 25.3 Å². The Balaban J connectivity index is 1.80. The standard InChI is InChI=1S/C25H31F3N4O3/c1-16(2)13-29-23(34)20-14-32(17(3)4)15-21(22(20)33)24(35)31-10-8-30(9-11-31)19-7-5-6-18(12-19)25(26,27)28/h5-7,12,14-17H,8-11,13H2,1-4H3,(H,29,34). The highest BCUT2D eigenvalue weighted by molar-refractivity contribution is 5.99. The van der Waals surface area contributed by atoms with E-state index in [4.69, 9.17) is 0 Å².